The molecule has 0 bridgehead atoms. The molecule has 0 aliphatic carbocycles. The van der Waals surface area contributed by atoms with Gasteiger partial charge in [0.2, 0.25) is 0 Å². The van der Waals surface area contributed by atoms with E-state index < -0.39 is 17.2 Å². The van der Waals surface area contributed by atoms with Crippen LogP contribution in [0.4, 0.5) is 13.2 Å². The highest BCUT2D eigenvalue weighted by molar-refractivity contribution is 5.28. The van der Waals surface area contributed by atoms with E-state index in [1.807, 2.05) is 0 Å². The fourth-order valence-corrected chi connectivity index (χ4v) is 1.23. The highest BCUT2D eigenvalue weighted by atomic mass is 19.4. The predicted molar refractivity (Wildman–Crippen MR) is 54.7 cm³/mol. The van der Waals surface area contributed by atoms with E-state index in [0.29, 0.717) is 0 Å². The Hall–Kier alpha value is -1.06. The van der Waals surface area contributed by atoms with Gasteiger partial charge in [0.05, 0.1) is 11.3 Å². The Bertz CT molecular complexity index is 290. The summed E-state index contributed by atoms with van der Waals surface area (Å²) in [6, 6.07) is 2.37. The minimum absolute atomic E-state index is 0. The van der Waals surface area contributed by atoms with Crippen LogP contribution < -0.4 is 0 Å². The third-order valence-electron chi connectivity index (χ3n) is 1.82. The van der Waals surface area contributed by atoms with Crippen molar-refractivity contribution in [1.29, 1.82) is 0 Å². The minimum atomic E-state index is -4.32. The molecule has 0 aromatic carbocycles. The van der Waals surface area contributed by atoms with E-state index in [2.05, 4.69) is 4.98 Å². The SMILES string of the molecule is C.CC(C)(C)c1ncccc1C(F)(F)F. The Balaban J connectivity index is 0.00000196. The summed E-state index contributed by atoms with van der Waals surface area (Å²) in [5, 5.41) is 0. The number of hydrogen-bond acceptors (Lipinski definition) is 1. The molecular weight excluding hydrogens is 203 g/mol. The van der Waals surface area contributed by atoms with Gasteiger partial charge in [-0.1, -0.05) is 28.2 Å². The van der Waals surface area contributed by atoms with Gasteiger partial charge < -0.3 is 0 Å². The van der Waals surface area contributed by atoms with E-state index >= 15 is 0 Å². The Kier molecular flexibility index (Phi) is 3.91. The molecule has 1 heterocycles. The van der Waals surface area contributed by atoms with E-state index in [1.165, 1.54) is 12.3 Å². The molecule has 1 aromatic heterocycles. The van der Waals surface area contributed by atoms with E-state index in [-0.39, 0.29) is 13.1 Å². The van der Waals surface area contributed by atoms with Crippen molar-refractivity contribution in [3.05, 3.63) is 29.6 Å². The Morgan fingerprint density at radius 3 is 2.00 bits per heavy atom. The summed E-state index contributed by atoms with van der Waals surface area (Å²) >= 11 is 0. The van der Waals surface area contributed by atoms with Crippen LogP contribution in [0.2, 0.25) is 0 Å². The van der Waals surface area contributed by atoms with Crippen molar-refractivity contribution in [1.82, 2.24) is 4.98 Å². The number of pyridine rings is 1. The van der Waals surface area contributed by atoms with Crippen molar-refractivity contribution in [3.8, 4) is 0 Å². The molecule has 4 heteroatoms. The summed E-state index contributed by atoms with van der Waals surface area (Å²) in [5.41, 5.74) is -1.15. The van der Waals surface area contributed by atoms with E-state index in [9.17, 15) is 13.2 Å². The number of aromatic nitrogens is 1. The van der Waals surface area contributed by atoms with E-state index in [1.54, 1.807) is 20.8 Å². The maximum absolute atomic E-state index is 12.5. The predicted octanol–water partition coefficient (Wildman–Crippen LogP) is 4.03. The monoisotopic (exact) mass is 219 g/mol. The minimum Gasteiger partial charge on any atom is -0.260 e. The summed E-state index contributed by atoms with van der Waals surface area (Å²) in [4.78, 5) is 3.80. The molecule has 0 saturated carbocycles. The number of hydrogen-bond donors (Lipinski definition) is 0. The van der Waals surface area contributed by atoms with Gasteiger partial charge in [0, 0.05) is 11.6 Å². The fourth-order valence-electron chi connectivity index (χ4n) is 1.23. The molecule has 0 radical (unpaired) electrons. The van der Waals surface area contributed by atoms with Crippen LogP contribution in [0.3, 0.4) is 0 Å². The van der Waals surface area contributed by atoms with Crippen LogP contribution in [0, 0.1) is 0 Å². The van der Waals surface area contributed by atoms with E-state index in [4.69, 9.17) is 0 Å². The second kappa shape index (κ2) is 4.21. The highest BCUT2D eigenvalue weighted by Gasteiger charge is 2.36. The third kappa shape index (κ3) is 3.22. The number of alkyl halides is 3. The van der Waals surface area contributed by atoms with Crippen LogP contribution >= 0.6 is 0 Å². The second-order valence-corrected chi connectivity index (χ2v) is 4.15. The van der Waals surface area contributed by atoms with Crippen LogP contribution in [0.5, 0.6) is 0 Å². The van der Waals surface area contributed by atoms with Gasteiger partial charge in [0.25, 0.3) is 0 Å². The average Bonchev–Trinajstić information content (AvgIpc) is 2.01. The van der Waals surface area contributed by atoms with Crippen molar-refractivity contribution in [2.24, 2.45) is 0 Å². The molecule has 0 amide bonds. The number of nitrogens with zero attached hydrogens (tertiary/aromatic N) is 1. The molecule has 1 rings (SSSR count). The maximum atomic E-state index is 12.5. The van der Waals surface area contributed by atoms with Crippen LogP contribution in [0.15, 0.2) is 18.3 Å². The van der Waals surface area contributed by atoms with Gasteiger partial charge in [-0.25, -0.2) is 0 Å². The van der Waals surface area contributed by atoms with Crippen LogP contribution in [0.25, 0.3) is 0 Å². The van der Waals surface area contributed by atoms with Gasteiger partial charge in [-0.2, -0.15) is 13.2 Å². The Morgan fingerprint density at radius 1 is 1.13 bits per heavy atom. The fraction of sp³-hybridized carbons (Fsp3) is 0.545. The maximum Gasteiger partial charge on any atom is 0.418 e. The van der Waals surface area contributed by atoms with Gasteiger partial charge in [-0.05, 0) is 12.1 Å². The number of halogens is 3. The lowest BCUT2D eigenvalue weighted by molar-refractivity contribution is -0.139. The van der Waals surface area contributed by atoms with Gasteiger partial charge in [0.1, 0.15) is 0 Å². The topological polar surface area (TPSA) is 12.9 Å². The zero-order valence-electron chi connectivity index (χ0n) is 8.31. The lowest BCUT2D eigenvalue weighted by atomic mass is 9.88. The molecule has 0 spiro atoms. The van der Waals surface area contributed by atoms with Gasteiger partial charge in [-0.15, -0.1) is 0 Å². The molecule has 0 saturated heterocycles. The van der Waals surface area contributed by atoms with Gasteiger partial charge in [0.15, 0.2) is 0 Å². The molecule has 15 heavy (non-hydrogen) atoms. The van der Waals surface area contributed by atoms with Crippen molar-refractivity contribution in [3.63, 3.8) is 0 Å². The van der Waals surface area contributed by atoms with Crippen LogP contribution in [-0.2, 0) is 11.6 Å². The lowest BCUT2D eigenvalue weighted by Crippen LogP contribution is -2.21. The first kappa shape index (κ1) is 13.9. The smallest absolute Gasteiger partial charge is 0.260 e. The quantitative estimate of drug-likeness (QED) is 0.641. The van der Waals surface area contributed by atoms with Gasteiger partial charge in [-0.3, -0.25) is 4.98 Å². The van der Waals surface area contributed by atoms with E-state index in [0.717, 1.165) is 6.07 Å². The van der Waals surface area contributed by atoms with Crippen LogP contribution in [0.1, 0.15) is 39.5 Å². The average molecular weight is 219 g/mol. The zero-order valence-corrected chi connectivity index (χ0v) is 8.31. The summed E-state index contributed by atoms with van der Waals surface area (Å²) in [6.45, 7) is 5.14. The molecule has 0 aliphatic heterocycles. The normalized spacial score (nSPS) is 12.1. The molecule has 0 aliphatic rings. The molecular formula is C11H16F3N. The third-order valence-corrected chi connectivity index (χ3v) is 1.82. The molecule has 0 N–H and O–H groups in total. The number of rotatable bonds is 0. The van der Waals surface area contributed by atoms with Crippen molar-refractivity contribution in [2.75, 3.05) is 0 Å². The van der Waals surface area contributed by atoms with Crippen molar-refractivity contribution >= 4 is 0 Å². The van der Waals surface area contributed by atoms with Crippen molar-refractivity contribution < 1.29 is 13.2 Å². The first-order chi connectivity index (χ1) is 6.23. The molecule has 0 atom stereocenters. The Labute approximate surface area is 88.3 Å². The summed E-state index contributed by atoms with van der Waals surface area (Å²) in [5.74, 6) is 0. The lowest BCUT2D eigenvalue weighted by Gasteiger charge is -2.22. The molecule has 0 unspecified atom stereocenters. The van der Waals surface area contributed by atoms with Crippen molar-refractivity contribution in [2.45, 2.75) is 39.8 Å². The first-order valence-electron chi connectivity index (χ1n) is 4.25. The Morgan fingerprint density at radius 2 is 1.67 bits per heavy atom. The van der Waals surface area contributed by atoms with Crippen LogP contribution in [-0.4, -0.2) is 4.98 Å². The summed E-state index contributed by atoms with van der Waals surface area (Å²) in [6.07, 6.45) is -2.94. The molecule has 86 valence electrons. The molecule has 1 aromatic rings. The summed E-state index contributed by atoms with van der Waals surface area (Å²) in [7, 11) is 0. The van der Waals surface area contributed by atoms with Gasteiger partial charge >= 0.3 is 6.18 Å². The second-order valence-electron chi connectivity index (χ2n) is 4.15. The molecule has 1 nitrogen and oxygen atoms in total. The first-order valence-corrected chi connectivity index (χ1v) is 4.25. The molecule has 0 fully saturated rings. The summed E-state index contributed by atoms with van der Waals surface area (Å²) < 4.78 is 37.6. The standard InChI is InChI=1S/C10H12F3N.CH4/c1-9(2,3)8-7(10(11,12)13)5-4-6-14-8;/h4-6H,1-3H3;1H4. The zero-order chi connectivity index (χ0) is 11.0. The highest BCUT2D eigenvalue weighted by Crippen LogP contribution is 2.35. The largest absolute Gasteiger partial charge is 0.418 e.